The molecule has 14 aromatic carbocycles. The fourth-order valence-electron chi connectivity index (χ4n) is 21.4. The first-order valence-electron chi connectivity index (χ1n) is 45.4. The van der Waals surface area contributed by atoms with Crippen molar-refractivity contribution in [2.75, 3.05) is 0 Å². The van der Waals surface area contributed by atoms with E-state index in [1.54, 1.807) is 8.79 Å². The molecule has 0 spiro atoms. The maximum atomic E-state index is 2.80. The normalized spacial score (nSPS) is 15.1. The van der Waals surface area contributed by atoms with Crippen molar-refractivity contribution >= 4 is 47.6 Å². The van der Waals surface area contributed by atoms with Crippen molar-refractivity contribution in [2.45, 2.75) is 239 Å². The van der Waals surface area contributed by atoms with Crippen LogP contribution in [0.5, 0.6) is 0 Å². The molecule has 632 valence electrons. The first kappa shape index (κ1) is 89.7. The summed E-state index contributed by atoms with van der Waals surface area (Å²) in [6.07, 6.45) is 3.07. The van der Waals surface area contributed by atoms with E-state index in [0.717, 1.165) is 25.7 Å². The van der Waals surface area contributed by atoms with Crippen molar-refractivity contribution in [3.8, 4) is 89.0 Å². The molecule has 0 unspecified atom stereocenters. The molecule has 4 heteroatoms. The summed E-state index contributed by atoms with van der Waals surface area (Å²) in [5, 5.41) is 0. The molecule has 1 saturated heterocycles. The van der Waals surface area contributed by atoms with E-state index >= 15 is 0 Å². The predicted molar refractivity (Wildman–Crippen MR) is 552 cm³/mol. The number of hydrogen-bond donors (Lipinski definition) is 0. The molecule has 15 rings (SSSR count). The summed E-state index contributed by atoms with van der Waals surface area (Å²) in [5.74, 6) is 0. The molecule has 0 bridgehead atoms. The van der Waals surface area contributed by atoms with Gasteiger partial charge >= 0.3 is 763 Å². The van der Waals surface area contributed by atoms with Crippen molar-refractivity contribution in [3.05, 3.63) is 387 Å². The minimum absolute atomic E-state index is 0.161. The van der Waals surface area contributed by atoms with Gasteiger partial charge in [0.05, 0.1) is 0 Å². The molecule has 0 saturated carbocycles. The van der Waals surface area contributed by atoms with Gasteiger partial charge in [-0.2, -0.15) is 0 Å². The molecule has 0 radical (unpaired) electrons. The van der Waals surface area contributed by atoms with Gasteiger partial charge in [0.1, 0.15) is 0 Å². The molecule has 0 atom stereocenters. The maximum absolute atomic E-state index is 4.11. The van der Waals surface area contributed by atoms with Crippen LogP contribution in [0.2, 0.25) is 8.49 Å². The Bertz CT molecular complexity index is 5350. The molecular weight excluding hydrogens is 1650 g/mol. The Labute approximate surface area is 756 Å². The molecule has 0 nitrogen and oxygen atoms in total. The molecule has 1 aliphatic heterocycles. The second-order valence-electron chi connectivity index (χ2n) is 40.9. The van der Waals surface area contributed by atoms with Crippen molar-refractivity contribution in [3.63, 3.8) is 0 Å². The number of benzene rings is 14. The zero-order valence-corrected chi connectivity index (χ0v) is 85.6. The number of aryl methyl sites for hydroxylation is 16. The topological polar surface area (TPSA) is 0 Å². The second-order valence-corrected chi connectivity index (χ2v) is 86.3. The van der Waals surface area contributed by atoms with E-state index in [2.05, 4.69) is 453 Å². The fraction of sp³-hybridized carbons (Fsp3) is 0.300. The van der Waals surface area contributed by atoms with E-state index in [0.29, 0.717) is 0 Å². The van der Waals surface area contributed by atoms with Crippen LogP contribution in [-0.4, -0.2) is 22.0 Å². The average molecular weight is 1780 g/mol. The Hall–Kier alpha value is -9.13. The third-order valence-corrected chi connectivity index (χ3v) is 131. The Morgan fingerprint density at radius 3 is 0.444 bits per heavy atom. The quantitative estimate of drug-likeness (QED) is 0.0786. The molecule has 0 N–H and O–H groups in total. The van der Waals surface area contributed by atoms with Gasteiger partial charge in [0.25, 0.3) is 0 Å². The molecule has 0 aromatic heterocycles. The van der Waals surface area contributed by atoms with Gasteiger partial charge in [0, 0.05) is 0 Å². The van der Waals surface area contributed by atoms with Gasteiger partial charge in [-0.3, -0.25) is 0 Å². The summed E-state index contributed by atoms with van der Waals surface area (Å²) in [4.78, 5) is 0. The molecule has 1 fully saturated rings. The van der Waals surface area contributed by atoms with Crippen LogP contribution in [0.4, 0.5) is 0 Å². The van der Waals surface area contributed by atoms with Gasteiger partial charge in [-0.05, 0) is 0 Å². The van der Waals surface area contributed by atoms with Gasteiger partial charge < -0.3 is 0 Å². The molecule has 0 amide bonds. The molecule has 14 aromatic rings. The molecular formula is C120H132Ge2S2. The van der Waals surface area contributed by atoms with Gasteiger partial charge in [-0.1, -0.05) is 0 Å². The van der Waals surface area contributed by atoms with Crippen LogP contribution in [0.1, 0.15) is 228 Å². The summed E-state index contributed by atoms with van der Waals surface area (Å²) in [6, 6.07) is 96.3. The zero-order valence-electron chi connectivity index (χ0n) is 79.7. The fourth-order valence-corrected chi connectivity index (χ4v) is 167. The molecule has 1 heterocycles. The summed E-state index contributed by atoms with van der Waals surface area (Å²) >= 11 is 0. The van der Waals surface area contributed by atoms with Gasteiger partial charge in [-0.15, -0.1) is 0 Å². The van der Waals surface area contributed by atoms with Crippen LogP contribution in [0, 0.1) is 111 Å². The van der Waals surface area contributed by atoms with E-state index in [1.807, 2.05) is 0 Å². The summed E-state index contributed by atoms with van der Waals surface area (Å²) in [7, 11) is -2.82. The van der Waals surface area contributed by atoms with Crippen LogP contribution >= 0.6 is 16.8 Å². The van der Waals surface area contributed by atoms with E-state index in [4.69, 9.17) is 0 Å². The first-order chi connectivity index (χ1) is 58.6. The minimum atomic E-state index is -4.11. The van der Waals surface area contributed by atoms with Crippen molar-refractivity contribution in [2.24, 2.45) is 0 Å². The van der Waals surface area contributed by atoms with Crippen LogP contribution in [0.15, 0.2) is 243 Å². The molecule has 124 heavy (non-hydrogen) atoms. The summed E-state index contributed by atoms with van der Waals surface area (Å²) < 4.78 is 3.06. The molecule has 1 aliphatic rings. The van der Waals surface area contributed by atoms with E-state index in [-0.39, 0.29) is 19.3 Å². The predicted octanol–water partition coefficient (Wildman–Crippen LogP) is 33.0. The average Bonchev–Trinajstić information content (AvgIpc) is 0.666. The Morgan fingerprint density at radius 1 is 0.194 bits per heavy atom. The Morgan fingerprint density at radius 2 is 0.323 bits per heavy atom. The molecule has 0 aliphatic carbocycles. The summed E-state index contributed by atoms with van der Waals surface area (Å²) in [5.41, 5.74) is 56.5. The van der Waals surface area contributed by atoms with Crippen molar-refractivity contribution < 1.29 is 0 Å². The number of hydrogen-bond acceptors (Lipinski definition) is 2. The third-order valence-electron chi connectivity index (χ3n) is 27.7. The van der Waals surface area contributed by atoms with Gasteiger partial charge in [0.2, 0.25) is 0 Å². The third kappa shape index (κ3) is 16.5. The zero-order chi connectivity index (χ0) is 88.9. The number of rotatable bonds is 18. The summed E-state index contributed by atoms with van der Waals surface area (Å²) in [6.45, 7) is 68.9. The van der Waals surface area contributed by atoms with E-state index in [1.165, 1.54) is 234 Å². The monoisotopic (exact) mass is 1780 g/mol. The van der Waals surface area contributed by atoms with Crippen molar-refractivity contribution in [1.82, 2.24) is 0 Å². The Kier molecular flexibility index (Phi) is 25.0. The second kappa shape index (κ2) is 34.6. The van der Waals surface area contributed by atoms with E-state index < -0.39 is 22.0 Å². The van der Waals surface area contributed by atoms with Gasteiger partial charge in [0.15, 0.2) is 0 Å². The Balaban J connectivity index is 1.12. The van der Waals surface area contributed by atoms with Crippen LogP contribution in [-0.2, 0) is 36.5 Å². The SMILES string of the molecule is Cc1cccc(C)c1-c1cccc(-c2c(C)cccc2C)c1Cc1cc(C(C)(C)C)cc(Cc2c(-c3c(C)cccc3C)cccc2-c2c(C)cccc2C)[c]1[Ge]1([C](C)(C)C)[S][Ge]([c]2c(Cc3c(-c4c(C)cccc4C)cccc3-c3c(C)cccc3C)cc(C(C)(C)C)cc2Cc2c(-c3c(C)cccc3C)cccc2-c2c(C)cccc2C)([C](C)(C)C)[S]1. The van der Waals surface area contributed by atoms with Gasteiger partial charge in [-0.25, -0.2) is 0 Å². The van der Waals surface area contributed by atoms with Crippen molar-refractivity contribution in [1.29, 1.82) is 0 Å². The standard InChI is InChI=1S/C120H132Ge2S2/c1-73-41-29-42-74(2)107(73)95-57-37-58-96(108-75(3)43-30-44-76(108)4)103(95)69-89-65-93(117(17,18)19)66-90(70-104-97(109-77(5)45-31-46-78(109)6)59-38-60-98(104)110-79(7)47-32-48-80(110)8)115(89)121(119(23,24)25)123-122(124-121,120(26,27)28)116-91(71-105-99(111-81(9)49-33-50-82(111)10)61-39-62-100(105)112-83(11)51-34-52-84(112)12)67-94(118(20,21)22)68-92(116)72-106-101(113-85(13)53-35-54-86(113)14)63-40-64-102(106)114-87(15)55-36-56-88(114)16/h29-68H,69-72H2,1-28H3. The van der Waals surface area contributed by atoms with Crippen LogP contribution in [0.25, 0.3) is 89.0 Å². The van der Waals surface area contributed by atoms with Crippen LogP contribution < -0.4 is 8.79 Å². The van der Waals surface area contributed by atoms with Crippen LogP contribution in [0.3, 0.4) is 0 Å². The first-order valence-corrected chi connectivity index (χ1v) is 61.5. The van der Waals surface area contributed by atoms with E-state index in [9.17, 15) is 0 Å².